The molecule has 1 unspecified atom stereocenters. The minimum atomic E-state index is -0.0308. The minimum absolute atomic E-state index is 0.0308. The Labute approximate surface area is 114 Å². The molecule has 0 spiro atoms. The van der Waals surface area contributed by atoms with E-state index in [-0.39, 0.29) is 6.04 Å². The van der Waals surface area contributed by atoms with Gasteiger partial charge in [0.1, 0.15) is 6.04 Å². The molecule has 0 aromatic heterocycles. The number of carbonyl (C=O) groups excluding carboxylic acids is 1. The van der Waals surface area contributed by atoms with Gasteiger partial charge in [-0.25, -0.2) is 0 Å². The van der Waals surface area contributed by atoms with Crippen LogP contribution in [0.25, 0.3) is 0 Å². The predicted molar refractivity (Wildman–Crippen MR) is 75.0 cm³/mol. The second-order valence-corrected chi connectivity index (χ2v) is 6.22. The summed E-state index contributed by atoms with van der Waals surface area (Å²) in [5.74, 6) is 1.11. The van der Waals surface area contributed by atoms with E-state index in [1.54, 1.807) is 0 Å². The molecule has 19 heavy (non-hydrogen) atoms. The van der Waals surface area contributed by atoms with Crippen molar-refractivity contribution in [2.45, 2.75) is 44.2 Å². The van der Waals surface area contributed by atoms with Crippen molar-refractivity contribution in [2.24, 2.45) is 5.92 Å². The van der Waals surface area contributed by atoms with Crippen LogP contribution in [0.5, 0.6) is 0 Å². The van der Waals surface area contributed by atoms with Crippen LogP contribution >= 0.6 is 0 Å². The van der Waals surface area contributed by atoms with Crippen LogP contribution in [0.1, 0.15) is 31.2 Å². The lowest BCUT2D eigenvalue weighted by Gasteiger charge is -2.25. The van der Waals surface area contributed by atoms with Gasteiger partial charge in [0.05, 0.1) is 0 Å². The van der Waals surface area contributed by atoms with E-state index in [0.717, 1.165) is 24.6 Å². The maximum absolute atomic E-state index is 12.7. The molecule has 1 aromatic rings. The highest BCUT2D eigenvalue weighted by molar-refractivity contribution is 5.88. The van der Waals surface area contributed by atoms with Crippen molar-refractivity contribution >= 4 is 11.6 Å². The summed E-state index contributed by atoms with van der Waals surface area (Å²) in [6.07, 6.45) is 5.89. The second kappa shape index (κ2) is 4.26. The van der Waals surface area contributed by atoms with Gasteiger partial charge < -0.3 is 10.2 Å². The monoisotopic (exact) mass is 256 g/mol. The molecule has 3 heteroatoms. The second-order valence-electron chi connectivity index (χ2n) is 6.22. The molecule has 100 valence electrons. The first kappa shape index (κ1) is 11.3. The molecule has 0 bridgehead atoms. The first-order valence-electron chi connectivity index (χ1n) is 7.46. The van der Waals surface area contributed by atoms with Crippen LogP contribution < -0.4 is 5.32 Å². The van der Waals surface area contributed by atoms with Gasteiger partial charge >= 0.3 is 0 Å². The average molecular weight is 256 g/mol. The van der Waals surface area contributed by atoms with Crippen LogP contribution in [-0.2, 0) is 11.2 Å². The highest BCUT2D eigenvalue weighted by Gasteiger charge is 2.40. The van der Waals surface area contributed by atoms with Crippen LogP contribution in [0.15, 0.2) is 24.3 Å². The smallest absolute Gasteiger partial charge is 0.245 e. The SMILES string of the molecule is O=C(C1Cc2ccccc2N1)N(CC1CC1)C1CC1. The topological polar surface area (TPSA) is 32.3 Å². The zero-order valence-electron chi connectivity index (χ0n) is 11.1. The van der Waals surface area contributed by atoms with Crippen molar-refractivity contribution in [2.75, 3.05) is 11.9 Å². The quantitative estimate of drug-likeness (QED) is 0.897. The molecule has 1 N–H and O–H groups in total. The lowest BCUT2D eigenvalue weighted by Crippen LogP contribution is -2.44. The number of amides is 1. The third-order valence-corrected chi connectivity index (χ3v) is 4.49. The van der Waals surface area contributed by atoms with Gasteiger partial charge in [0.25, 0.3) is 0 Å². The number of hydrogen-bond donors (Lipinski definition) is 1. The molecule has 0 radical (unpaired) electrons. The maximum atomic E-state index is 12.7. The highest BCUT2D eigenvalue weighted by atomic mass is 16.2. The Balaban J connectivity index is 1.48. The number of fused-ring (bicyclic) bond motifs is 1. The number of nitrogens with one attached hydrogen (secondary N) is 1. The van der Waals surface area contributed by atoms with Gasteiger partial charge in [-0.15, -0.1) is 0 Å². The van der Waals surface area contributed by atoms with Crippen molar-refractivity contribution in [3.8, 4) is 0 Å². The molecule has 1 amide bonds. The molecule has 1 aromatic carbocycles. The van der Waals surface area contributed by atoms with Crippen molar-refractivity contribution in [3.63, 3.8) is 0 Å². The minimum Gasteiger partial charge on any atom is -0.373 e. The van der Waals surface area contributed by atoms with Crippen molar-refractivity contribution in [3.05, 3.63) is 29.8 Å². The Kier molecular flexibility index (Phi) is 2.54. The van der Waals surface area contributed by atoms with Gasteiger partial charge in [0.2, 0.25) is 5.91 Å². The van der Waals surface area contributed by atoms with Gasteiger partial charge in [-0.05, 0) is 43.2 Å². The fraction of sp³-hybridized carbons (Fsp3) is 0.562. The summed E-state index contributed by atoms with van der Waals surface area (Å²) in [7, 11) is 0. The van der Waals surface area contributed by atoms with Crippen LogP contribution in [0.4, 0.5) is 5.69 Å². The molecule has 2 saturated carbocycles. The van der Waals surface area contributed by atoms with E-state index in [1.165, 1.54) is 31.2 Å². The Morgan fingerprint density at radius 1 is 1.21 bits per heavy atom. The first-order valence-corrected chi connectivity index (χ1v) is 7.46. The summed E-state index contributed by atoms with van der Waals surface area (Å²) >= 11 is 0. The standard InChI is InChI=1S/C16H20N2O/c19-16(18(13-7-8-13)10-11-5-6-11)15-9-12-3-1-2-4-14(12)17-15/h1-4,11,13,15,17H,5-10H2. The number of anilines is 1. The first-order chi connectivity index (χ1) is 9.31. The summed E-state index contributed by atoms with van der Waals surface area (Å²) in [5.41, 5.74) is 2.42. The van der Waals surface area contributed by atoms with Crippen LogP contribution in [-0.4, -0.2) is 29.4 Å². The zero-order valence-corrected chi connectivity index (χ0v) is 11.1. The van der Waals surface area contributed by atoms with Gasteiger partial charge in [-0.3, -0.25) is 4.79 Å². The molecule has 2 fully saturated rings. The van der Waals surface area contributed by atoms with Gasteiger partial charge in [0.15, 0.2) is 0 Å². The molecule has 0 saturated heterocycles. The Hall–Kier alpha value is -1.51. The number of hydrogen-bond acceptors (Lipinski definition) is 2. The highest BCUT2D eigenvalue weighted by Crippen LogP contribution is 2.36. The number of rotatable bonds is 4. The molecule has 1 atom stereocenters. The summed E-state index contributed by atoms with van der Waals surface area (Å²) in [6, 6.07) is 8.79. The molecule has 4 rings (SSSR count). The van der Waals surface area contributed by atoms with Crippen LogP contribution in [0.2, 0.25) is 0 Å². The summed E-state index contributed by atoms with van der Waals surface area (Å²) in [5, 5.41) is 3.40. The normalized spacial score (nSPS) is 24.7. The van der Waals surface area contributed by atoms with E-state index in [0.29, 0.717) is 11.9 Å². The van der Waals surface area contributed by atoms with Gasteiger partial charge in [-0.2, -0.15) is 0 Å². The van der Waals surface area contributed by atoms with E-state index in [2.05, 4.69) is 28.4 Å². The Morgan fingerprint density at radius 2 is 2.00 bits per heavy atom. The third-order valence-electron chi connectivity index (χ3n) is 4.49. The molecular formula is C16H20N2O. The molecular weight excluding hydrogens is 236 g/mol. The van der Waals surface area contributed by atoms with Crippen molar-refractivity contribution < 1.29 is 4.79 Å². The van der Waals surface area contributed by atoms with Crippen LogP contribution in [0, 0.1) is 5.92 Å². The van der Waals surface area contributed by atoms with E-state index in [4.69, 9.17) is 0 Å². The fourth-order valence-electron chi connectivity index (χ4n) is 3.03. The van der Waals surface area contributed by atoms with Crippen LogP contribution in [0.3, 0.4) is 0 Å². The Morgan fingerprint density at radius 3 is 2.68 bits per heavy atom. The van der Waals surface area contributed by atoms with E-state index < -0.39 is 0 Å². The lowest BCUT2D eigenvalue weighted by molar-refractivity contribution is -0.132. The van der Waals surface area contributed by atoms with E-state index in [9.17, 15) is 4.79 Å². The maximum Gasteiger partial charge on any atom is 0.245 e. The molecule has 1 heterocycles. The number of carbonyl (C=O) groups is 1. The number of nitrogens with zero attached hydrogens (tertiary/aromatic N) is 1. The number of para-hydroxylation sites is 1. The van der Waals surface area contributed by atoms with Gasteiger partial charge in [-0.1, -0.05) is 18.2 Å². The molecule has 3 nitrogen and oxygen atoms in total. The summed E-state index contributed by atoms with van der Waals surface area (Å²) in [4.78, 5) is 14.9. The molecule has 1 aliphatic heterocycles. The van der Waals surface area contributed by atoms with E-state index >= 15 is 0 Å². The lowest BCUT2D eigenvalue weighted by atomic mass is 10.1. The van der Waals surface area contributed by atoms with Crippen molar-refractivity contribution in [1.29, 1.82) is 0 Å². The van der Waals surface area contributed by atoms with Crippen molar-refractivity contribution in [1.82, 2.24) is 4.90 Å². The van der Waals surface area contributed by atoms with E-state index in [1.807, 2.05) is 6.07 Å². The average Bonchev–Trinajstić information content (AvgIpc) is 3.32. The summed E-state index contributed by atoms with van der Waals surface area (Å²) < 4.78 is 0. The largest absolute Gasteiger partial charge is 0.373 e. The number of benzene rings is 1. The zero-order chi connectivity index (χ0) is 12.8. The van der Waals surface area contributed by atoms with Gasteiger partial charge in [0, 0.05) is 24.7 Å². The predicted octanol–water partition coefficient (Wildman–Crippen LogP) is 2.42. The summed E-state index contributed by atoms with van der Waals surface area (Å²) in [6.45, 7) is 0.998. The Bertz CT molecular complexity index is 480. The third kappa shape index (κ3) is 2.22. The molecule has 2 aliphatic carbocycles. The molecule has 3 aliphatic rings. The fourth-order valence-corrected chi connectivity index (χ4v) is 3.03.